The van der Waals surface area contributed by atoms with Crippen LogP contribution in [0.15, 0.2) is 23.4 Å². The summed E-state index contributed by atoms with van der Waals surface area (Å²) in [5, 5.41) is 3.97. The molecule has 4 nitrogen and oxygen atoms in total. The SMILES string of the molecule is CCOC(=O)CC/C=N/Oc1ccc2c(c1)C(C)(C)CCC2(C)C. The first-order valence-corrected chi connectivity index (χ1v) is 8.76. The normalized spacial score (nSPS) is 18.2. The second-order valence-corrected chi connectivity index (χ2v) is 7.70. The van der Waals surface area contributed by atoms with Gasteiger partial charge in [0.05, 0.1) is 13.0 Å². The summed E-state index contributed by atoms with van der Waals surface area (Å²) in [6.45, 7) is 11.4. The molecule has 0 unspecified atom stereocenters. The van der Waals surface area contributed by atoms with E-state index >= 15 is 0 Å². The minimum Gasteiger partial charge on any atom is -0.466 e. The van der Waals surface area contributed by atoms with Gasteiger partial charge < -0.3 is 9.57 Å². The molecular formula is C20H29NO3. The largest absolute Gasteiger partial charge is 0.466 e. The van der Waals surface area contributed by atoms with Gasteiger partial charge in [-0.3, -0.25) is 4.79 Å². The van der Waals surface area contributed by atoms with Crippen LogP contribution in [0, 0.1) is 0 Å². The summed E-state index contributed by atoms with van der Waals surface area (Å²) in [5.41, 5.74) is 3.10. The third kappa shape index (κ3) is 4.37. The fraction of sp³-hybridized carbons (Fsp3) is 0.600. The monoisotopic (exact) mass is 331 g/mol. The van der Waals surface area contributed by atoms with E-state index in [1.807, 2.05) is 6.07 Å². The molecule has 0 bridgehead atoms. The lowest BCUT2D eigenvalue weighted by molar-refractivity contribution is -0.142. The Morgan fingerprint density at radius 2 is 1.83 bits per heavy atom. The maximum atomic E-state index is 11.2. The molecule has 132 valence electrons. The number of benzene rings is 1. The van der Waals surface area contributed by atoms with Crippen molar-refractivity contribution in [2.45, 2.75) is 71.1 Å². The zero-order valence-corrected chi connectivity index (χ0v) is 15.5. The maximum absolute atomic E-state index is 11.2. The second kappa shape index (κ2) is 7.37. The van der Waals surface area contributed by atoms with E-state index in [1.54, 1.807) is 13.1 Å². The van der Waals surface area contributed by atoms with E-state index < -0.39 is 0 Å². The molecule has 1 aromatic carbocycles. The zero-order valence-electron chi connectivity index (χ0n) is 15.5. The van der Waals surface area contributed by atoms with Gasteiger partial charge in [-0.1, -0.05) is 38.9 Å². The van der Waals surface area contributed by atoms with E-state index in [0.29, 0.717) is 19.4 Å². The van der Waals surface area contributed by atoms with Crippen molar-refractivity contribution < 1.29 is 14.4 Å². The molecule has 0 heterocycles. The molecule has 0 saturated heterocycles. The molecule has 2 rings (SSSR count). The van der Waals surface area contributed by atoms with Gasteiger partial charge in [-0.25, -0.2) is 0 Å². The minimum atomic E-state index is -0.207. The Bertz CT molecular complexity index is 617. The number of fused-ring (bicyclic) bond motifs is 1. The van der Waals surface area contributed by atoms with Crippen molar-refractivity contribution in [3.05, 3.63) is 29.3 Å². The number of carbonyl (C=O) groups is 1. The molecule has 24 heavy (non-hydrogen) atoms. The third-order valence-electron chi connectivity index (χ3n) is 4.84. The second-order valence-electron chi connectivity index (χ2n) is 7.70. The lowest BCUT2D eigenvalue weighted by atomic mass is 9.63. The Morgan fingerprint density at radius 3 is 2.50 bits per heavy atom. The van der Waals surface area contributed by atoms with E-state index in [9.17, 15) is 4.79 Å². The molecule has 0 atom stereocenters. The van der Waals surface area contributed by atoms with Gasteiger partial charge in [0.15, 0.2) is 5.75 Å². The predicted molar refractivity (Wildman–Crippen MR) is 96.7 cm³/mol. The van der Waals surface area contributed by atoms with Gasteiger partial charge >= 0.3 is 5.97 Å². The Labute approximate surface area is 145 Å². The smallest absolute Gasteiger partial charge is 0.306 e. The highest BCUT2D eigenvalue weighted by atomic mass is 16.6. The third-order valence-corrected chi connectivity index (χ3v) is 4.84. The molecule has 1 aliphatic carbocycles. The number of ether oxygens (including phenoxy) is 1. The van der Waals surface area contributed by atoms with Crippen LogP contribution in [0.4, 0.5) is 0 Å². The van der Waals surface area contributed by atoms with Crippen LogP contribution >= 0.6 is 0 Å². The van der Waals surface area contributed by atoms with Crippen LogP contribution in [0.5, 0.6) is 5.75 Å². The summed E-state index contributed by atoms with van der Waals surface area (Å²) in [6.07, 6.45) is 4.82. The molecular weight excluding hydrogens is 302 g/mol. The highest BCUT2D eigenvalue weighted by molar-refractivity contribution is 5.73. The van der Waals surface area contributed by atoms with Crippen LogP contribution in [0.2, 0.25) is 0 Å². The average Bonchev–Trinajstić information content (AvgIpc) is 2.52. The van der Waals surface area contributed by atoms with Crippen LogP contribution in [0.25, 0.3) is 0 Å². The quantitative estimate of drug-likeness (QED) is 0.429. The number of esters is 1. The van der Waals surface area contributed by atoms with Crippen LogP contribution in [0.1, 0.15) is 71.4 Å². The van der Waals surface area contributed by atoms with Crippen molar-refractivity contribution in [3.63, 3.8) is 0 Å². The highest BCUT2D eigenvalue weighted by Gasteiger charge is 2.37. The Balaban J connectivity index is 2.02. The van der Waals surface area contributed by atoms with Crippen molar-refractivity contribution in [2.75, 3.05) is 6.61 Å². The van der Waals surface area contributed by atoms with Gasteiger partial charge in [0.1, 0.15) is 0 Å². The molecule has 4 heteroatoms. The van der Waals surface area contributed by atoms with Gasteiger partial charge in [-0.05, 0) is 60.3 Å². The molecule has 0 radical (unpaired) electrons. The first-order valence-electron chi connectivity index (χ1n) is 8.76. The number of hydrogen-bond acceptors (Lipinski definition) is 4. The summed E-state index contributed by atoms with van der Waals surface area (Å²) in [5.74, 6) is 0.536. The Morgan fingerprint density at radius 1 is 1.17 bits per heavy atom. The molecule has 0 spiro atoms. The summed E-state index contributed by atoms with van der Waals surface area (Å²) < 4.78 is 4.87. The average molecular weight is 331 g/mol. The summed E-state index contributed by atoms with van der Waals surface area (Å²) in [6, 6.07) is 6.25. The van der Waals surface area contributed by atoms with Crippen LogP contribution in [0.3, 0.4) is 0 Å². The lowest BCUT2D eigenvalue weighted by Gasteiger charge is -2.41. The van der Waals surface area contributed by atoms with E-state index in [2.05, 4.69) is 45.0 Å². The lowest BCUT2D eigenvalue weighted by Crippen LogP contribution is -2.33. The van der Waals surface area contributed by atoms with Crippen molar-refractivity contribution in [1.29, 1.82) is 0 Å². The van der Waals surface area contributed by atoms with Crippen molar-refractivity contribution in [1.82, 2.24) is 0 Å². The molecule has 1 aliphatic rings. The van der Waals surface area contributed by atoms with Crippen molar-refractivity contribution in [2.24, 2.45) is 5.16 Å². The van der Waals surface area contributed by atoms with Gasteiger partial charge in [0, 0.05) is 6.21 Å². The number of hydrogen-bond donors (Lipinski definition) is 0. The van der Waals surface area contributed by atoms with Crippen molar-refractivity contribution >= 4 is 12.2 Å². The van der Waals surface area contributed by atoms with Crippen LogP contribution < -0.4 is 4.84 Å². The molecule has 0 aromatic heterocycles. The number of nitrogens with zero attached hydrogens (tertiary/aromatic N) is 1. The van der Waals surface area contributed by atoms with Gasteiger partial charge in [0.2, 0.25) is 0 Å². The fourth-order valence-electron chi connectivity index (χ4n) is 3.19. The summed E-state index contributed by atoms with van der Waals surface area (Å²) >= 11 is 0. The fourth-order valence-corrected chi connectivity index (χ4v) is 3.19. The minimum absolute atomic E-state index is 0.151. The number of carbonyl (C=O) groups excluding carboxylic acids is 1. The maximum Gasteiger partial charge on any atom is 0.306 e. The Kier molecular flexibility index (Phi) is 5.68. The highest BCUT2D eigenvalue weighted by Crippen LogP contribution is 2.46. The molecule has 1 aromatic rings. The van der Waals surface area contributed by atoms with Crippen molar-refractivity contribution in [3.8, 4) is 5.75 Å². The Hall–Kier alpha value is -1.84. The van der Waals surface area contributed by atoms with E-state index in [1.165, 1.54) is 24.0 Å². The van der Waals surface area contributed by atoms with Crippen LogP contribution in [-0.2, 0) is 20.4 Å². The topological polar surface area (TPSA) is 47.9 Å². The van der Waals surface area contributed by atoms with E-state index in [4.69, 9.17) is 9.57 Å². The molecule has 0 amide bonds. The number of oxime groups is 1. The summed E-state index contributed by atoms with van der Waals surface area (Å²) in [7, 11) is 0. The van der Waals surface area contributed by atoms with E-state index in [-0.39, 0.29) is 16.8 Å². The molecule has 0 fully saturated rings. The number of rotatable bonds is 6. The first kappa shape index (κ1) is 18.5. The standard InChI is InChI=1S/C20H29NO3/c1-6-23-18(22)8-7-13-21-24-15-9-10-16-17(14-15)20(4,5)12-11-19(16,2)3/h9-10,13-14H,6-8,11-12H2,1-5H3/b21-13+. The van der Waals surface area contributed by atoms with Crippen LogP contribution in [-0.4, -0.2) is 18.8 Å². The molecule has 0 saturated carbocycles. The summed E-state index contributed by atoms with van der Waals surface area (Å²) in [4.78, 5) is 16.7. The van der Waals surface area contributed by atoms with Gasteiger partial charge in [-0.15, -0.1) is 0 Å². The van der Waals surface area contributed by atoms with Gasteiger partial charge in [0.25, 0.3) is 0 Å². The molecule has 0 aliphatic heterocycles. The molecule has 0 N–H and O–H groups in total. The van der Waals surface area contributed by atoms with E-state index in [0.717, 1.165) is 5.75 Å². The predicted octanol–water partition coefficient (Wildman–Crippen LogP) is 4.74. The first-order chi connectivity index (χ1) is 11.3. The van der Waals surface area contributed by atoms with Gasteiger partial charge in [-0.2, -0.15) is 0 Å². The zero-order chi connectivity index (χ0) is 17.8.